The SMILES string of the molecule is COc1cc(C#CCCN=[N+]=[N-])c(Cl)cc1N. The van der Waals surface area contributed by atoms with Crippen molar-refractivity contribution in [3.63, 3.8) is 0 Å². The van der Waals surface area contributed by atoms with Crippen LogP contribution < -0.4 is 10.5 Å². The molecule has 5 nitrogen and oxygen atoms in total. The number of hydrogen-bond acceptors (Lipinski definition) is 3. The molecule has 0 radical (unpaired) electrons. The molecule has 0 aliphatic rings. The highest BCUT2D eigenvalue weighted by atomic mass is 35.5. The zero-order valence-corrected chi connectivity index (χ0v) is 10.0. The van der Waals surface area contributed by atoms with Crippen LogP contribution in [0.1, 0.15) is 12.0 Å². The molecule has 0 saturated heterocycles. The standard InChI is InChI=1S/C11H11ClN4O/c1-17-11-6-8(9(12)7-10(11)13)4-2-3-5-15-16-14/h6-7H,3,5,13H2,1H3. The van der Waals surface area contributed by atoms with Gasteiger partial charge in [0, 0.05) is 23.4 Å². The Bertz CT molecular complexity index is 512. The first-order valence-corrected chi connectivity index (χ1v) is 5.19. The van der Waals surface area contributed by atoms with Crippen molar-refractivity contribution < 1.29 is 4.74 Å². The molecule has 0 aliphatic heterocycles. The number of benzene rings is 1. The van der Waals surface area contributed by atoms with Crippen molar-refractivity contribution in [1.82, 2.24) is 0 Å². The largest absolute Gasteiger partial charge is 0.495 e. The quantitative estimate of drug-likeness (QED) is 0.223. The van der Waals surface area contributed by atoms with Gasteiger partial charge in [-0.2, -0.15) is 0 Å². The fraction of sp³-hybridized carbons (Fsp3) is 0.273. The van der Waals surface area contributed by atoms with Gasteiger partial charge in [0.2, 0.25) is 0 Å². The van der Waals surface area contributed by atoms with Crippen molar-refractivity contribution >= 4 is 17.3 Å². The number of methoxy groups -OCH3 is 1. The molecule has 1 aromatic rings. The molecular formula is C11H11ClN4O. The summed E-state index contributed by atoms with van der Waals surface area (Å²) in [6.45, 7) is 0.341. The van der Waals surface area contributed by atoms with E-state index in [9.17, 15) is 0 Å². The lowest BCUT2D eigenvalue weighted by molar-refractivity contribution is 0.417. The van der Waals surface area contributed by atoms with Gasteiger partial charge in [0.15, 0.2) is 0 Å². The first-order valence-electron chi connectivity index (χ1n) is 4.81. The lowest BCUT2D eigenvalue weighted by atomic mass is 10.2. The van der Waals surface area contributed by atoms with Gasteiger partial charge < -0.3 is 10.5 Å². The molecule has 0 atom stereocenters. The van der Waals surface area contributed by atoms with E-state index in [0.717, 1.165) is 0 Å². The third kappa shape index (κ3) is 3.80. The van der Waals surface area contributed by atoms with Gasteiger partial charge in [-0.25, -0.2) is 0 Å². The lowest BCUT2D eigenvalue weighted by Gasteiger charge is -2.05. The summed E-state index contributed by atoms with van der Waals surface area (Å²) in [6, 6.07) is 3.27. The van der Waals surface area contributed by atoms with Crippen LogP contribution in [0.3, 0.4) is 0 Å². The van der Waals surface area contributed by atoms with Crippen LogP contribution in [-0.4, -0.2) is 13.7 Å². The van der Waals surface area contributed by atoms with Gasteiger partial charge in [0.05, 0.1) is 17.8 Å². The fourth-order valence-corrected chi connectivity index (χ4v) is 1.37. The van der Waals surface area contributed by atoms with E-state index in [0.29, 0.717) is 35.0 Å². The van der Waals surface area contributed by atoms with Crippen LogP contribution in [0, 0.1) is 11.8 Å². The first-order chi connectivity index (χ1) is 8.19. The molecule has 0 aliphatic carbocycles. The van der Waals surface area contributed by atoms with Gasteiger partial charge in [0.1, 0.15) is 5.75 Å². The number of rotatable bonds is 3. The summed E-state index contributed by atoms with van der Waals surface area (Å²) in [6.07, 6.45) is 0.479. The first kappa shape index (κ1) is 13.0. The molecule has 1 aromatic carbocycles. The molecular weight excluding hydrogens is 240 g/mol. The van der Waals surface area contributed by atoms with Crippen LogP contribution in [0.15, 0.2) is 17.2 Å². The van der Waals surface area contributed by atoms with E-state index >= 15 is 0 Å². The highest BCUT2D eigenvalue weighted by molar-refractivity contribution is 6.32. The van der Waals surface area contributed by atoms with Crippen LogP contribution >= 0.6 is 11.6 Å². The molecule has 1 rings (SSSR count). The van der Waals surface area contributed by atoms with Crippen LogP contribution in [0.2, 0.25) is 5.02 Å². The van der Waals surface area contributed by atoms with Crippen molar-refractivity contribution in [2.24, 2.45) is 5.11 Å². The number of hydrogen-bond donors (Lipinski definition) is 1. The molecule has 6 heteroatoms. The summed E-state index contributed by atoms with van der Waals surface area (Å²) in [7, 11) is 1.53. The van der Waals surface area contributed by atoms with Crippen LogP contribution in [-0.2, 0) is 0 Å². The molecule has 0 amide bonds. The number of ether oxygens (including phenoxy) is 1. The molecule has 0 heterocycles. The fourth-order valence-electron chi connectivity index (χ4n) is 1.15. The van der Waals surface area contributed by atoms with Gasteiger partial charge >= 0.3 is 0 Å². The molecule has 0 aromatic heterocycles. The summed E-state index contributed by atoms with van der Waals surface area (Å²) >= 11 is 5.98. The van der Waals surface area contributed by atoms with Crippen molar-refractivity contribution in [2.75, 3.05) is 19.4 Å². The van der Waals surface area contributed by atoms with E-state index < -0.39 is 0 Å². The summed E-state index contributed by atoms with van der Waals surface area (Å²) in [5.74, 6) is 6.26. The summed E-state index contributed by atoms with van der Waals surface area (Å²) in [5.41, 5.74) is 14.9. The highest BCUT2D eigenvalue weighted by Gasteiger charge is 2.04. The predicted octanol–water partition coefficient (Wildman–Crippen LogP) is 2.98. The maximum atomic E-state index is 8.08. The Morgan fingerprint density at radius 2 is 2.35 bits per heavy atom. The van der Waals surface area contributed by atoms with E-state index in [1.54, 1.807) is 12.1 Å². The Morgan fingerprint density at radius 3 is 3.00 bits per heavy atom. The molecule has 0 bridgehead atoms. The second-order valence-corrected chi connectivity index (χ2v) is 3.49. The van der Waals surface area contributed by atoms with Crippen LogP contribution in [0.25, 0.3) is 10.4 Å². The molecule has 0 spiro atoms. The van der Waals surface area contributed by atoms with Crippen LogP contribution in [0.5, 0.6) is 5.75 Å². The monoisotopic (exact) mass is 250 g/mol. The van der Waals surface area contributed by atoms with E-state index in [1.807, 2.05) is 0 Å². The third-order valence-electron chi connectivity index (χ3n) is 1.94. The Balaban J connectivity index is 2.86. The van der Waals surface area contributed by atoms with Crippen molar-refractivity contribution in [3.05, 3.63) is 33.2 Å². The highest BCUT2D eigenvalue weighted by Crippen LogP contribution is 2.28. The number of nitrogens with two attached hydrogens (primary N) is 1. The number of halogens is 1. The molecule has 2 N–H and O–H groups in total. The number of azide groups is 1. The van der Waals surface area contributed by atoms with Gasteiger partial charge in [0.25, 0.3) is 0 Å². The number of anilines is 1. The molecule has 88 valence electrons. The van der Waals surface area contributed by atoms with Gasteiger partial charge in [-0.1, -0.05) is 28.6 Å². The third-order valence-corrected chi connectivity index (χ3v) is 2.26. The Kier molecular flexibility index (Phi) is 5.02. The van der Waals surface area contributed by atoms with Crippen molar-refractivity contribution in [3.8, 4) is 17.6 Å². The summed E-state index contributed by atoms with van der Waals surface area (Å²) in [5, 5.41) is 3.85. The zero-order chi connectivity index (χ0) is 12.7. The lowest BCUT2D eigenvalue weighted by Crippen LogP contribution is -1.93. The Hall–Kier alpha value is -2.02. The van der Waals surface area contributed by atoms with E-state index in [1.165, 1.54) is 7.11 Å². The summed E-state index contributed by atoms with van der Waals surface area (Å²) in [4.78, 5) is 2.63. The zero-order valence-electron chi connectivity index (χ0n) is 9.27. The molecule has 0 unspecified atom stereocenters. The number of nitrogen functional groups attached to an aromatic ring is 1. The van der Waals surface area contributed by atoms with Gasteiger partial charge in [-0.15, -0.1) is 0 Å². The summed E-state index contributed by atoms with van der Waals surface area (Å²) < 4.78 is 5.07. The molecule has 0 saturated carbocycles. The molecule has 17 heavy (non-hydrogen) atoms. The van der Waals surface area contributed by atoms with Gasteiger partial charge in [-0.3, -0.25) is 0 Å². The minimum Gasteiger partial charge on any atom is -0.495 e. The Morgan fingerprint density at radius 1 is 1.59 bits per heavy atom. The predicted molar refractivity (Wildman–Crippen MR) is 67.9 cm³/mol. The van der Waals surface area contributed by atoms with E-state index in [4.69, 9.17) is 27.6 Å². The number of nitrogens with zero attached hydrogens (tertiary/aromatic N) is 3. The molecule has 0 fully saturated rings. The average molecular weight is 251 g/mol. The van der Waals surface area contributed by atoms with Gasteiger partial charge in [-0.05, 0) is 17.7 Å². The minimum atomic E-state index is 0.341. The second kappa shape index (κ2) is 6.54. The van der Waals surface area contributed by atoms with E-state index in [2.05, 4.69) is 21.9 Å². The van der Waals surface area contributed by atoms with Crippen molar-refractivity contribution in [2.45, 2.75) is 6.42 Å². The van der Waals surface area contributed by atoms with Crippen molar-refractivity contribution in [1.29, 1.82) is 0 Å². The normalized spacial score (nSPS) is 8.82. The minimum absolute atomic E-state index is 0.341. The smallest absolute Gasteiger partial charge is 0.143 e. The Labute approximate surface area is 104 Å². The topological polar surface area (TPSA) is 84.0 Å². The maximum Gasteiger partial charge on any atom is 0.143 e. The van der Waals surface area contributed by atoms with E-state index in [-0.39, 0.29) is 0 Å². The maximum absolute atomic E-state index is 8.08. The average Bonchev–Trinajstić information content (AvgIpc) is 2.31. The van der Waals surface area contributed by atoms with Crippen LogP contribution in [0.4, 0.5) is 5.69 Å². The second-order valence-electron chi connectivity index (χ2n) is 3.08.